The van der Waals surface area contributed by atoms with Crippen LogP contribution >= 0.6 is 0 Å². The summed E-state index contributed by atoms with van der Waals surface area (Å²) in [6.07, 6.45) is 2.72. The first kappa shape index (κ1) is 32.6. The zero-order chi connectivity index (χ0) is 33.0. The topological polar surface area (TPSA) is 105 Å². The second kappa shape index (κ2) is 13.7. The first-order valence-electron chi connectivity index (χ1n) is 15.1. The summed E-state index contributed by atoms with van der Waals surface area (Å²) in [4.78, 5) is 29.2. The van der Waals surface area contributed by atoms with E-state index in [0.29, 0.717) is 28.1 Å². The van der Waals surface area contributed by atoms with Gasteiger partial charge in [-0.2, -0.15) is 0 Å². The number of aryl methyl sites for hydroxylation is 1. The van der Waals surface area contributed by atoms with Gasteiger partial charge in [-0.3, -0.25) is 14.3 Å². The molecule has 0 spiro atoms. The van der Waals surface area contributed by atoms with E-state index in [0.717, 1.165) is 36.0 Å². The number of likely N-dealkylation sites (N-methyl/N-ethyl adjacent to an activating group) is 1. The number of hydrogen-bond acceptors (Lipinski definition) is 6. The number of amides is 2. The number of fused-ring (bicyclic) bond motifs is 1. The van der Waals surface area contributed by atoms with Gasteiger partial charge in [-0.25, -0.2) is 8.42 Å². The molecular formula is C36H39N3O6S. The molecule has 5 rings (SSSR count). The van der Waals surface area contributed by atoms with Crippen LogP contribution in [-0.2, 0) is 27.7 Å². The maximum Gasteiger partial charge on any atom is 0.265 e. The van der Waals surface area contributed by atoms with Gasteiger partial charge in [-0.1, -0.05) is 42.5 Å². The minimum Gasteiger partial charge on any atom is -0.496 e. The summed E-state index contributed by atoms with van der Waals surface area (Å²) < 4.78 is 41.3. The van der Waals surface area contributed by atoms with Crippen molar-refractivity contribution in [3.05, 3.63) is 107 Å². The third-order valence-corrected chi connectivity index (χ3v) is 9.78. The van der Waals surface area contributed by atoms with Gasteiger partial charge >= 0.3 is 0 Å². The fourth-order valence-corrected chi connectivity index (χ4v) is 7.16. The van der Waals surface area contributed by atoms with E-state index in [1.165, 1.54) is 12.0 Å². The molecule has 0 saturated carbocycles. The van der Waals surface area contributed by atoms with E-state index in [4.69, 9.17) is 9.47 Å². The lowest BCUT2D eigenvalue weighted by atomic mass is 9.86. The Balaban J connectivity index is 1.42. The molecule has 2 amide bonds. The molecule has 9 nitrogen and oxygen atoms in total. The zero-order valence-electron chi connectivity index (χ0n) is 26.7. The quantitative estimate of drug-likeness (QED) is 0.230. The number of benzene rings is 4. The van der Waals surface area contributed by atoms with Gasteiger partial charge in [0.05, 0.1) is 26.7 Å². The fourth-order valence-electron chi connectivity index (χ4n) is 5.92. The Morgan fingerprint density at radius 2 is 1.59 bits per heavy atom. The normalized spacial score (nSPS) is 14.2. The average molecular weight is 642 g/mol. The first-order valence-corrected chi connectivity index (χ1v) is 16.5. The van der Waals surface area contributed by atoms with Crippen LogP contribution in [0.3, 0.4) is 0 Å². The van der Waals surface area contributed by atoms with E-state index in [9.17, 15) is 18.0 Å². The van der Waals surface area contributed by atoms with Gasteiger partial charge in [0.15, 0.2) is 0 Å². The molecule has 1 aliphatic rings. The van der Waals surface area contributed by atoms with E-state index in [1.54, 1.807) is 75.6 Å². The molecule has 1 N–H and O–H groups in total. The van der Waals surface area contributed by atoms with Crippen molar-refractivity contribution < 1.29 is 27.5 Å². The Morgan fingerprint density at radius 1 is 0.848 bits per heavy atom. The number of carbonyl (C=O) groups excluding carboxylic acids is 2. The average Bonchev–Trinajstić information content (AvgIpc) is 3.07. The number of ether oxygens (including phenoxy) is 2. The summed E-state index contributed by atoms with van der Waals surface area (Å²) in [6, 6.07) is 24.8. The molecule has 10 heteroatoms. The summed E-state index contributed by atoms with van der Waals surface area (Å²) in [7, 11) is 4.07. The van der Waals surface area contributed by atoms with Gasteiger partial charge in [0, 0.05) is 38.0 Å². The number of nitrogens with zero attached hydrogens (tertiary/aromatic N) is 2. The van der Waals surface area contributed by atoms with Crippen molar-refractivity contribution in [2.45, 2.75) is 36.6 Å². The van der Waals surface area contributed by atoms with Crippen molar-refractivity contribution in [3.8, 4) is 22.6 Å². The minimum absolute atomic E-state index is 0.0322. The lowest BCUT2D eigenvalue weighted by molar-refractivity contribution is -0.131. The number of rotatable bonds is 10. The third kappa shape index (κ3) is 6.87. The lowest BCUT2D eigenvalue weighted by Crippen LogP contribution is -2.34. The molecule has 1 unspecified atom stereocenters. The summed E-state index contributed by atoms with van der Waals surface area (Å²) >= 11 is 0. The standard InChI is InChI=1S/C36H39N3O6S/c1-38(2)36(41)28-13-8-12-25(20-28)26-17-19-33(45-5)34(21-26)46(42,43)37-29-18-16-24-11-9-14-31(30(24)23-29)39(3)35(40)22-27-10-6-7-15-32(27)44-4/h6-8,10,12-13,15-21,23,31,37H,9,11,14,22H2,1-5H3. The van der Waals surface area contributed by atoms with Crippen LogP contribution in [0.2, 0.25) is 0 Å². The van der Waals surface area contributed by atoms with Gasteiger partial charge in [-0.15, -0.1) is 0 Å². The second-order valence-corrected chi connectivity index (χ2v) is 13.2. The number of hydrogen-bond donors (Lipinski definition) is 1. The van der Waals surface area contributed by atoms with E-state index in [1.807, 2.05) is 42.5 Å². The van der Waals surface area contributed by atoms with Gasteiger partial charge < -0.3 is 19.3 Å². The summed E-state index contributed by atoms with van der Waals surface area (Å²) in [5.74, 6) is 0.655. The molecule has 0 radical (unpaired) electrons. The second-order valence-electron chi connectivity index (χ2n) is 11.6. The molecule has 0 aliphatic heterocycles. The van der Waals surface area contributed by atoms with Gasteiger partial charge in [0.1, 0.15) is 16.4 Å². The van der Waals surface area contributed by atoms with Gasteiger partial charge in [0.2, 0.25) is 5.91 Å². The van der Waals surface area contributed by atoms with Crippen molar-refractivity contribution in [2.75, 3.05) is 40.1 Å². The van der Waals surface area contributed by atoms with Crippen LogP contribution in [-0.4, -0.2) is 65.4 Å². The Hall–Kier alpha value is -4.83. The maximum absolute atomic E-state index is 13.9. The number of methoxy groups -OCH3 is 2. The smallest absolute Gasteiger partial charge is 0.265 e. The Bertz CT molecular complexity index is 1870. The van der Waals surface area contributed by atoms with Crippen LogP contribution in [0.1, 0.15) is 45.9 Å². The number of sulfonamides is 1. The van der Waals surface area contributed by atoms with Crippen molar-refractivity contribution in [1.29, 1.82) is 0 Å². The van der Waals surface area contributed by atoms with Crippen molar-refractivity contribution in [3.63, 3.8) is 0 Å². The van der Waals surface area contributed by atoms with Gasteiger partial charge in [-0.05, 0) is 84.0 Å². The number of carbonyl (C=O) groups is 2. The third-order valence-electron chi connectivity index (χ3n) is 8.38. The molecule has 1 atom stereocenters. The molecule has 0 heterocycles. The monoisotopic (exact) mass is 641 g/mol. The highest BCUT2D eigenvalue weighted by Crippen LogP contribution is 2.37. The van der Waals surface area contributed by atoms with Crippen LogP contribution in [0, 0.1) is 0 Å². The van der Waals surface area contributed by atoms with Gasteiger partial charge in [0.25, 0.3) is 15.9 Å². The Labute approximate surface area is 270 Å². The predicted octanol–water partition coefficient (Wildman–Crippen LogP) is 5.95. The molecular weight excluding hydrogens is 602 g/mol. The lowest BCUT2D eigenvalue weighted by Gasteiger charge is -2.34. The van der Waals surface area contributed by atoms with Crippen molar-refractivity contribution in [2.24, 2.45) is 0 Å². The molecule has 0 aromatic heterocycles. The predicted molar refractivity (Wildman–Crippen MR) is 179 cm³/mol. The van der Waals surface area contributed by atoms with Crippen LogP contribution < -0.4 is 14.2 Å². The van der Waals surface area contributed by atoms with E-state index in [-0.39, 0.29) is 34.9 Å². The van der Waals surface area contributed by atoms with Crippen LogP contribution in [0.5, 0.6) is 11.5 Å². The first-order chi connectivity index (χ1) is 22.0. The summed E-state index contributed by atoms with van der Waals surface area (Å²) in [5.41, 5.74) is 5.03. The molecule has 4 aromatic carbocycles. The van der Waals surface area contributed by atoms with Crippen LogP contribution in [0.4, 0.5) is 5.69 Å². The van der Waals surface area contributed by atoms with E-state index < -0.39 is 10.0 Å². The highest BCUT2D eigenvalue weighted by atomic mass is 32.2. The number of nitrogens with one attached hydrogen (secondary N) is 1. The Morgan fingerprint density at radius 3 is 2.33 bits per heavy atom. The SMILES string of the molecule is COc1ccccc1CC(=O)N(C)C1CCCc2ccc(NS(=O)(=O)c3cc(-c4cccc(C(=O)N(C)C)c4)ccc3OC)cc21. The summed E-state index contributed by atoms with van der Waals surface area (Å²) in [6.45, 7) is 0. The van der Waals surface area contributed by atoms with E-state index in [2.05, 4.69) is 4.72 Å². The largest absolute Gasteiger partial charge is 0.496 e. The zero-order valence-corrected chi connectivity index (χ0v) is 27.6. The molecule has 0 saturated heterocycles. The molecule has 4 aromatic rings. The van der Waals surface area contributed by atoms with Crippen molar-refractivity contribution >= 4 is 27.5 Å². The molecule has 0 bridgehead atoms. The fraction of sp³-hybridized carbons (Fsp3) is 0.278. The molecule has 46 heavy (non-hydrogen) atoms. The number of para-hydroxylation sites is 1. The molecule has 0 fully saturated rings. The maximum atomic E-state index is 13.9. The highest BCUT2D eigenvalue weighted by Gasteiger charge is 2.29. The molecule has 1 aliphatic carbocycles. The van der Waals surface area contributed by atoms with Crippen molar-refractivity contribution in [1.82, 2.24) is 9.80 Å². The molecule has 240 valence electrons. The number of anilines is 1. The van der Waals surface area contributed by atoms with E-state index >= 15 is 0 Å². The van der Waals surface area contributed by atoms with Crippen LogP contribution in [0.15, 0.2) is 89.8 Å². The Kier molecular flexibility index (Phi) is 9.67. The van der Waals surface area contributed by atoms with Crippen LogP contribution in [0.25, 0.3) is 11.1 Å². The minimum atomic E-state index is -4.10. The summed E-state index contributed by atoms with van der Waals surface area (Å²) in [5, 5.41) is 0. The highest BCUT2D eigenvalue weighted by molar-refractivity contribution is 7.92.